The van der Waals surface area contributed by atoms with E-state index in [0.29, 0.717) is 6.54 Å². The summed E-state index contributed by atoms with van der Waals surface area (Å²) in [6, 6.07) is 6.14. The van der Waals surface area contributed by atoms with Crippen LogP contribution in [0, 0.1) is 5.82 Å². The lowest BCUT2D eigenvalue weighted by Crippen LogP contribution is -2.01. The zero-order valence-electron chi connectivity index (χ0n) is 7.69. The van der Waals surface area contributed by atoms with Gasteiger partial charge in [-0.25, -0.2) is 9.07 Å². The summed E-state index contributed by atoms with van der Waals surface area (Å²) < 4.78 is 14.3. The van der Waals surface area contributed by atoms with Gasteiger partial charge in [-0.3, -0.25) is 0 Å². The first-order valence-electron chi connectivity index (χ1n) is 4.31. The normalized spacial score (nSPS) is 10.5. The maximum absolute atomic E-state index is 12.9. The fourth-order valence-corrected chi connectivity index (χ4v) is 1.43. The number of aromatic hydroxyl groups is 1. The average Bonchev–Trinajstić information content (AvgIpc) is 2.50. The van der Waals surface area contributed by atoms with Crippen molar-refractivity contribution in [2.24, 2.45) is 0 Å². The maximum Gasteiger partial charge on any atom is 0.173 e. The molecule has 1 aromatic heterocycles. The first kappa shape index (κ1) is 9.98. The first-order valence-corrected chi connectivity index (χ1v) is 4.69. The highest BCUT2D eigenvalue weighted by atomic mass is 35.5. The molecule has 0 amide bonds. The molecule has 0 aliphatic heterocycles. The summed E-state index contributed by atoms with van der Waals surface area (Å²) in [5.41, 5.74) is 0.736. The Hall–Kier alpha value is -1.55. The first-order chi connectivity index (χ1) is 7.16. The third-order valence-corrected chi connectivity index (χ3v) is 2.37. The Bertz CT molecular complexity index is 484. The summed E-state index contributed by atoms with van der Waals surface area (Å²) in [5, 5.41) is 13.2. The second kappa shape index (κ2) is 3.90. The molecule has 1 N–H and O–H groups in total. The molecular weight excluding hydrogens is 219 g/mol. The Labute approximate surface area is 90.7 Å². The fraction of sp³-hybridized carbons (Fsp3) is 0.100. The van der Waals surface area contributed by atoms with E-state index in [1.165, 1.54) is 23.0 Å². The van der Waals surface area contributed by atoms with Gasteiger partial charge >= 0.3 is 0 Å². The Morgan fingerprint density at radius 2 is 2.27 bits per heavy atom. The van der Waals surface area contributed by atoms with Crippen LogP contribution in [-0.4, -0.2) is 14.9 Å². The van der Waals surface area contributed by atoms with Gasteiger partial charge < -0.3 is 5.11 Å². The molecule has 0 atom stereocenters. The van der Waals surface area contributed by atoms with Crippen LogP contribution in [0.4, 0.5) is 4.39 Å². The maximum atomic E-state index is 12.9. The van der Waals surface area contributed by atoms with Gasteiger partial charge in [0.25, 0.3) is 0 Å². The van der Waals surface area contributed by atoms with Gasteiger partial charge in [0.2, 0.25) is 0 Å². The van der Waals surface area contributed by atoms with Crippen molar-refractivity contribution in [2.45, 2.75) is 6.54 Å². The molecule has 0 aliphatic rings. The molecule has 3 nitrogen and oxygen atoms in total. The van der Waals surface area contributed by atoms with Gasteiger partial charge in [-0.15, -0.1) is 0 Å². The van der Waals surface area contributed by atoms with Crippen molar-refractivity contribution >= 4 is 11.6 Å². The summed E-state index contributed by atoms with van der Waals surface area (Å²) in [5.74, 6) is -0.381. The van der Waals surface area contributed by atoms with E-state index in [0.717, 1.165) is 5.56 Å². The highest BCUT2D eigenvalue weighted by Gasteiger charge is 2.07. The minimum Gasteiger partial charge on any atom is -0.504 e. The highest BCUT2D eigenvalue weighted by molar-refractivity contribution is 6.30. The van der Waals surface area contributed by atoms with Gasteiger partial charge in [0, 0.05) is 0 Å². The number of benzene rings is 1. The van der Waals surface area contributed by atoms with Gasteiger partial charge in [0.15, 0.2) is 10.9 Å². The van der Waals surface area contributed by atoms with Crippen molar-refractivity contribution < 1.29 is 9.50 Å². The second-order valence-corrected chi connectivity index (χ2v) is 3.47. The number of aromatic nitrogens is 2. The fourth-order valence-electron chi connectivity index (χ4n) is 1.28. The molecule has 1 heterocycles. The van der Waals surface area contributed by atoms with Crippen LogP contribution in [0.2, 0.25) is 5.15 Å². The van der Waals surface area contributed by atoms with E-state index >= 15 is 0 Å². The molecule has 1 aromatic carbocycles. The molecule has 78 valence electrons. The van der Waals surface area contributed by atoms with Crippen LogP contribution in [-0.2, 0) is 6.54 Å². The van der Waals surface area contributed by atoms with Crippen LogP contribution in [0.1, 0.15) is 5.56 Å². The monoisotopic (exact) mass is 226 g/mol. The van der Waals surface area contributed by atoms with Gasteiger partial charge in [0.1, 0.15) is 5.82 Å². The van der Waals surface area contributed by atoms with E-state index in [-0.39, 0.29) is 16.7 Å². The van der Waals surface area contributed by atoms with Crippen molar-refractivity contribution in [1.29, 1.82) is 0 Å². The van der Waals surface area contributed by atoms with Crippen LogP contribution in [0.3, 0.4) is 0 Å². The Morgan fingerprint density at radius 3 is 2.87 bits per heavy atom. The van der Waals surface area contributed by atoms with Crippen molar-refractivity contribution in [2.75, 3.05) is 0 Å². The molecule has 0 aliphatic carbocycles. The molecule has 0 radical (unpaired) electrons. The molecule has 15 heavy (non-hydrogen) atoms. The number of rotatable bonds is 2. The summed E-state index contributed by atoms with van der Waals surface area (Å²) in [6.07, 6.45) is 1.25. The zero-order chi connectivity index (χ0) is 10.8. The lowest BCUT2D eigenvalue weighted by molar-refractivity contribution is 0.474. The van der Waals surface area contributed by atoms with E-state index in [1.54, 1.807) is 12.1 Å². The van der Waals surface area contributed by atoms with E-state index in [9.17, 15) is 9.50 Å². The molecule has 2 rings (SSSR count). The summed E-state index contributed by atoms with van der Waals surface area (Å²) in [4.78, 5) is 0. The van der Waals surface area contributed by atoms with Crippen molar-refractivity contribution in [3.05, 3.63) is 47.0 Å². The molecule has 5 heteroatoms. The lowest BCUT2D eigenvalue weighted by Gasteiger charge is -2.03. The predicted molar refractivity (Wildman–Crippen MR) is 54.4 cm³/mol. The molecule has 0 saturated heterocycles. The van der Waals surface area contributed by atoms with Crippen LogP contribution in [0.5, 0.6) is 5.75 Å². The van der Waals surface area contributed by atoms with Gasteiger partial charge in [0.05, 0.1) is 12.7 Å². The third kappa shape index (κ3) is 2.10. The number of hydrogen-bond donors (Lipinski definition) is 1. The minimum absolute atomic E-state index is 0.0759. The lowest BCUT2D eigenvalue weighted by atomic mass is 10.2. The topological polar surface area (TPSA) is 38.1 Å². The Balaban J connectivity index is 2.26. The van der Waals surface area contributed by atoms with Gasteiger partial charge in [-0.05, 0) is 17.7 Å². The standard InChI is InChI=1S/C10H8ClFN2O/c11-10-9(15)5-13-14(10)6-7-2-1-3-8(12)4-7/h1-5,15H,6H2. The molecule has 0 saturated carbocycles. The summed E-state index contributed by atoms with van der Waals surface area (Å²) in [6.45, 7) is 0.331. The molecule has 0 fully saturated rings. The van der Waals surface area contributed by atoms with Crippen molar-refractivity contribution in [3.63, 3.8) is 0 Å². The van der Waals surface area contributed by atoms with Crippen molar-refractivity contribution in [1.82, 2.24) is 9.78 Å². The van der Waals surface area contributed by atoms with Crippen molar-refractivity contribution in [3.8, 4) is 5.75 Å². The van der Waals surface area contributed by atoms with Gasteiger partial charge in [-0.2, -0.15) is 5.10 Å². The Kier molecular flexibility index (Phi) is 2.60. The average molecular weight is 227 g/mol. The Morgan fingerprint density at radius 1 is 1.47 bits per heavy atom. The number of halogens is 2. The minimum atomic E-state index is -0.306. The van der Waals surface area contributed by atoms with Crippen LogP contribution >= 0.6 is 11.6 Å². The van der Waals surface area contributed by atoms with E-state index in [4.69, 9.17) is 11.6 Å². The molecule has 0 bridgehead atoms. The van der Waals surface area contributed by atoms with Crippen LogP contribution in [0.25, 0.3) is 0 Å². The zero-order valence-corrected chi connectivity index (χ0v) is 8.45. The molecule has 2 aromatic rings. The van der Waals surface area contributed by atoms with Gasteiger partial charge in [-0.1, -0.05) is 23.7 Å². The summed E-state index contributed by atoms with van der Waals surface area (Å²) >= 11 is 5.76. The molecule has 0 spiro atoms. The van der Waals surface area contributed by atoms with Crippen LogP contribution < -0.4 is 0 Å². The smallest absolute Gasteiger partial charge is 0.173 e. The molecular formula is C10H8ClFN2O. The predicted octanol–water partition coefficient (Wildman–Crippen LogP) is 2.43. The number of hydrogen-bond acceptors (Lipinski definition) is 2. The van der Waals surface area contributed by atoms with E-state index < -0.39 is 0 Å². The largest absolute Gasteiger partial charge is 0.504 e. The highest BCUT2D eigenvalue weighted by Crippen LogP contribution is 2.22. The summed E-state index contributed by atoms with van der Waals surface area (Å²) in [7, 11) is 0. The van der Waals surface area contributed by atoms with Crippen LogP contribution in [0.15, 0.2) is 30.5 Å². The quantitative estimate of drug-likeness (QED) is 0.854. The van der Waals surface area contributed by atoms with E-state index in [1.807, 2.05) is 0 Å². The second-order valence-electron chi connectivity index (χ2n) is 3.11. The number of nitrogens with zero attached hydrogens (tertiary/aromatic N) is 2. The molecule has 0 unspecified atom stereocenters. The SMILES string of the molecule is Oc1cnn(Cc2cccc(F)c2)c1Cl. The third-order valence-electron chi connectivity index (χ3n) is 1.98. The van der Waals surface area contributed by atoms with E-state index in [2.05, 4.69) is 5.10 Å².